The molecule has 22 heavy (non-hydrogen) atoms. The molecule has 0 spiro atoms. The molecule has 0 unspecified atom stereocenters. The van der Waals surface area contributed by atoms with Gasteiger partial charge in [-0.25, -0.2) is 0 Å². The molecule has 1 N–H and O–H groups in total. The molecule has 0 aromatic carbocycles. The molecule has 8 heteroatoms. The molecule has 1 amide bonds. The highest BCUT2D eigenvalue weighted by Crippen LogP contribution is 2.22. The van der Waals surface area contributed by atoms with Gasteiger partial charge < -0.3 is 4.90 Å². The Labute approximate surface area is 143 Å². The number of hydrogen-bond donors (Lipinski definition) is 1. The second-order valence-electron chi connectivity index (χ2n) is 4.89. The smallest absolute Gasteiger partial charge is 0.242 e. The quantitative estimate of drug-likeness (QED) is 0.768. The maximum atomic E-state index is 12.6. The van der Waals surface area contributed by atoms with E-state index in [1.54, 1.807) is 9.47 Å². The molecule has 0 bridgehead atoms. The van der Waals surface area contributed by atoms with Gasteiger partial charge >= 0.3 is 0 Å². The van der Waals surface area contributed by atoms with E-state index in [1.165, 1.54) is 11.3 Å². The van der Waals surface area contributed by atoms with E-state index in [9.17, 15) is 4.79 Å². The number of thiophene rings is 1. The minimum absolute atomic E-state index is 0.0295. The van der Waals surface area contributed by atoms with Gasteiger partial charge in [-0.2, -0.15) is 5.10 Å². The number of aromatic amines is 1. The average Bonchev–Trinajstić information content (AvgIpc) is 3.05. The highest BCUT2D eigenvalue weighted by atomic mass is 35.5. The Morgan fingerprint density at radius 1 is 1.50 bits per heavy atom. The van der Waals surface area contributed by atoms with Crippen LogP contribution in [0.4, 0.5) is 0 Å². The van der Waals surface area contributed by atoms with Crippen molar-refractivity contribution in [2.24, 2.45) is 0 Å². The molecule has 0 saturated carbocycles. The third kappa shape index (κ3) is 4.18. The first-order chi connectivity index (χ1) is 10.5. The van der Waals surface area contributed by atoms with Crippen molar-refractivity contribution in [2.45, 2.75) is 39.8 Å². The number of nitrogens with zero attached hydrogens (tertiary/aromatic N) is 3. The van der Waals surface area contributed by atoms with Crippen LogP contribution in [0.2, 0.25) is 4.34 Å². The molecular formula is C14H19ClN4OS2. The summed E-state index contributed by atoms with van der Waals surface area (Å²) >= 11 is 12.7. The summed E-state index contributed by atoms with van der Waals surface area (Å²) in [7, 11) is 0. The second-order valence-corrected chi connectivity index (χ2v) is 7.08. The fourth-order valence-electron chi connectivity index (χ4n) is 2.16. The van der Waals surface area contributed by atoms with E-state index in [0.29, 0.717) is 17.9 Å². The van der Waals surface area contributed by atoms with E-state index in [0.717, 1.165) is 27.9 Å². The molecule has 2 aromatic heterocycles. The zero-order chi connectivity index (χ0) is 16.1. The Bertz CT molecular complexity index is 691. The van der Waals surface area contributed by atoms with Crippen molar-refractivity contribution in [2.75, 3.05) is 6.54 Å². The summed E-state index contributed by atoms with van der Waals surface area (Å²) in [6.07, 6.45) is 1.76. The van der Waals surface area contributed by atoms with Gasteiger partial charge in [0, 0.05) is 17.8 Å². The van der Waals surface area contributed by atoms with E-state index >= 15 is 0 Å². The van der Waals surface area contributed by atoms with Crippen molar-refractivity contribution in [3.8, 4) is 0 Å². The Hall–Kier alpha value is -1.18. The van der Waals surface area contributed by atoms with E-state index in [4.69, 9.17) is 23.8 Å². The highest BCUT2D eigenvalue weighted by molar-refractivity contribution is 7.71. The number of H-pyrrole nitrogens is 1. The van der Waals surface area contributed by atoms with Crippen molar-refractivity contribution in [3.63, 3.8) is 0 Å². The Kier molecular flexibility index (Phi) is 6.16. The molecular weight excluding hydrogens is 340 g/mol. The van der Waals surface area contributed by atoms with E-state index in [2.05, 4.69) is 17.1 Å². The first-order valence-electron chi connectivity index (χ1n) is 7.21. The third-order valence-electron chi connectivity index (χ3n) is 3.31. The van der Waals surface area contributed by atoms with Crippen molar-refractivity contribution in [3.05, 3.63) is 31.9 Å². The maximum absolute atomic E-state index is 12.6. The van der Waals surface area contributed by atoms with Crippen LogP contribution in [0.1, 0.15) is 31.0 Å². The molecule has 0 atom stereocenters. The van der Waals surface area contributed by atoms with E-state index in [-0.39, 0.29) is 12.5 Å². The molecule has 5 nitrogen and oxygen atoms in total. The highest BCUT2D eigenvalue weighted by Gasteiger charge is 2.16. The van der Waals surface area contributed by atoms with Crippen LogP contribution in [0.25, 0.3) is 0 Å². The van der Waals surface area contributed by atoms with Crippen molar-refractivity contribution in [1.29, 1.82) is 0 Å². The largest absolute Gasteiger partial charge is 0.336 e. The number of aromatic nitrogens is 3. The summed E-state index contributed by atoms with van der Waals surface area (Å²) in [5.74, 6) is 0.859. The summed E-state index contributed by atoms with van der Waals surface area (Å²) in [4.78, 5) is 15.4. The monoisotopic (exact) mass is 358 g/mol. The second kappa shape index (κ2) is 7.89. The van der Waals surface area contributed by atoms with Gasteiger partial charge in [-0.1, -0.05) is 18.5 Å². The van der Waals surface area contributed by atoms with Gasteiger partial charge in [-0.3, -0.25) is 14.5 Å². The van der Waals surface area contributed by atoms with Gasteiger partial charge in [0.05, 0.1) is 10.9 Å². The van der Waals surface area contributed by atoms with Gasteiger partial charge in [0.25, 0.3) is 0 Å². The van der Waals surface area contributed by atoms with Gasteiger partial charge in [0.2, 0.25) is 5.91 Å². The lowest BCUT2D eigenvalue weighted by molar-refractivity contribution is -0.132. The number of carbonyl (C=O) groups is 1. The predicted molar refractivity (Wildman–Crippen MR) is 91.8 cm³/mol. The predicted octanol–water partition coefficient (Wildman–Crippen LogP) is 3.66. The summed E-state index contributed by atoms with van der Waals surface area (Å²) < 4.78 is 3.01. The number of likely N-dealkylation sites (N-methyl/N-ethyl adjacent to an activating group) is 1. The minimum atomic E-state index is 0.0295. The van der Waals surface area contributed by atoms with Crippen LogP contribution in [0.5, 0.6) is 0 Å². The van der Waals surface area contributed by atoms with E-state index < -0.39 is 0 Å². The summed E-state index contributed by atoms with van der Waals surface area (Å²) in [6, 6.07) is 3.81. The molecule has 2 rings (SSSR count). The van der Waals surface area contributed by atoms with Crippen LogP contribution in [-0.2, 0) is 24.3 Å². The molecule has 0 aliphatic rings. The first kappa shape index (κ1) is 17.2. The Balaban J connectivity index is 2.09. The topological polar surface area (TPSA) is 53.9 Å². The normalized spacial score (nSPS) is 10.9. The van der Waals surface area contributed by atoms with Crippen molar-refractivity contribution in [1.82, 2.24) is 19.7 Å². The number of amides is 1. The minimum Gasteiger partial charge on any atom is -0.336 e. The van der Waals surface area contributed by atoms with Crippen LogP contribution < -0.4 is 0 Å². The number of halogens is 1. The molecule has 0 fully saturated rings. The standard InChI is InChI=1S/C14H19ClN4OS2/c1-3-5-12-16-17-14(21)19(12)9-13(20)18(4-2)8-10-6-7-11(15)22-10/h6-7H,3-5,8-9H2,1-2H3,(H,17,21). The van der Waals surface area contributed by atoms with Crippen LogP contribution in [-0.4, -0.2) is 32.1 Å². The number of nitrogens with one attached hydrogen (secondary N) is 1. The molecule has 2 aromatic rings. The Morgan fingerprint density at radius 3 is 2.86 bits per heavy atom. The third-order valence-corrected chi connectivity index (χ3v) is 4.84. The molecule has 120 valence electrons. The van der Waals surface area contributed by atoms with E-state index in [1.807, 2.05) is 19.1 Å². The lowest BCUT2D eigenvalue weighted by atomic mass is 10.3. The number of aryl methyl sites for hydroxylation is 1. The Morgan fingerprint density at radius 2 is 2.27 bits per heavy atom. The fraction of sp³-hybridized carbons (Fsp3) is 0.500. The van der Waals surface area contributed by atoms with Crippen LogP contribution in [0, 0.1) is 4.77 Å². The average molecular weight is 359 g/mol. The van der Waals surface area contributed by atoms with Crippen LogP contribution in [0.15, 0.2) is 12.1 Å². The van der Waals surface area contributed by atoms with Gasteiger partial charge in [-0.15, -0.1) is 11.3 Å². The molecule has 0 saturated heterocycles. The number of rotatable bonds is 7. The summed E-state index contributed by atoms with van der Waals surface area (Å²) in [5, 5.41) is 6.96. The maximum Gasteiger partial charge on any atom is 0.242 e. The summed E-state index contributed by atoms with van der Waals surface area (Å²) in [5.41, 5.74) is 0. The van der Waals surface area contributed by atoms with Gasteiger partial charge in [0.1, 0.15) is 12.4 Å². The SMILES string of the molecule is CCCc1n[nH]c(=S)n1CC(=O)N(CC)Cc1ccc(Cl)s1. The lowest BCUT2D eigenvalue weighted by Gasteiger charge is -2.20. The van der Waals surface area contributed by atoms with Crippen molar-refractivity contribution >= 4 is 41.1 Å². The summed E-state index contributed by atoms with van der Waals surface area (Å²) in [6.45, 7) is 5.47. The first-order valence-corrected chi connectivity index (χ1v) is 8.81. The van der Waals surface area contributed by atoms with Crippen LogP contribution in [0.3, 0.4) is 0 Å². The fourth-order valence-corrected chi connectivity index (χ4v) is 3.48. The zero-order valence-corrected chi connectivity index (χ0v) is 15.0. The zero-order valence-electron chi connectivity index (χ0n) is 12.6. The molecule has 0 aliphatic heterocycles. The van der Waals surface area contributed by atoms with Gasteiger partial charge in [0.15, 0.2) is 4.77 Å². The molecule has 0 radical (unpaired) electrons. The molecule has 0 aliphatic carbocycles. The number of carbonyl (C=O) groups excluding carboxylic acids is 1. The number of hydrogen-bond acceptors (Lipinski definition) is 4. The van der Waals surface area contributed by atoms with Crippen molar-refractivity contribution < 1.29 is 4.79 Å². The van der Waals surface area contributed by atoms with Crippen LogP contribution >= 0.6 is 35.2 Å². The molecule has 2 heterocycles. The van der Waals surface area contributed by atoms with Gasteiger partial charge in [-0.05, 0) is 37.7 Å². The lowest BCUT2D eigenvalue weighted by Crippen LogP contribution is -2.33.